The van der Waals surface area contributed by atoms with E-state index in [9.17, 15) is 4.79 Å². The Labute approximate surface area is 127 Å². The summed E-state index contributed by atoms with van der Waals surface area (Å²) < 4.78 is 5.61. The van der Waals surface area contributed by atoms with Crippen molar-refractivity contribution in [3.63, 3.8) is 0 Å². The molecule has 1 aliphatic heterocycles. The summed E-state index contributed by atoms with van der Waals surface area (Å²) in [5, 5.41) is 2.98. The van der Waals surface area contributed by atoms with E-state index in [0.29, 0.717) is 0 Å². The van der Waals surface area contributed by atoms with Gasteiger partial charge in [0.2, 0.25) is 0 Å². The molecule has 1 aliphatic rings. The molecule has 21 heavy (non-hydrogen) atoms. The number of piperidine rings is 1. The fourth-order valence-corrected chi connectivity index (χ4v) is 2.65. The van der Waals surface area contributed by atoms with Gasteiger partial charge in [-0.1, -0.05) is 18.2 Å². The summed E-state index contributed by atoms with van der Waals surface area (Å²) >= 11 is 0. The molecule has 2 rings (SSSR count). The van der Waals surface area contributed by atoms with Crippen LogP contribution in [-0.4, -0.2) is 43.6 Å². The summed E-state index contributed by atoms with van der Waals surface area (Å²) in [6, 6.07) is 9.46. The number of nitrogens with one attached hydrogen (secondary N) is 1. The van der Waals surface area contributed by atoms with Crippen LogP contribution in [0.1, 0.15) is 26.2 Å². The maximum Gasteiger partial charge on any atom is 0.260 e. The van der Waals surface area contributed by atoms with Crippen LogP contribution in [0.3, 0.4) is 0 Å². The number of rotatable bonds is 6. The van der Waals surface area contributed by atoms with Gasteiger partial charge in [-0.3, -0.25) is 4.79 Å². The highest BCUT2D eigenvalue weighted by atomic mass is 16.5. The van der Waals surface area contributed by atoms with Crippen LogP contribution in [0.4, 0.5) is 0 Å². The van der Waals surface area contributed by atoms with Crippen LogP contribution >= 0.6 is 0 Å². The summed E-state index contributed by atoms with van der Waals surface area (Å²) in [6.07, 6.45) is 3.09. The molecule has 4 nitrogen and oxygen atoms in total. The molecule has 1 unspecified atom stereocenters. The standard InChI is InChI=1S/C17H26N2O2/c1-14(21-16-6-4-3-5-7-16)17(20)18-11-8-15-9-12-19(2)13-10-15/h3-7,14-15H,8-13H2,1-2H3,(H,18,20). The summed E-state index contributed by atoms with van der Waals surface area (Å²) in [5.41, 5.74) is 0. The van der Waals surface area contributed by atoms with Crippen molar-refractivity contribution in [2.75, 3.05) is 26.7 Å². The van der Waals surface area contributed by atoms with Crippen LogP contribution in [0.5, 0.6) is 5.75 Å². The molecule has 0 aromatic heterocycles. The number of amides is 1. The minimum atomic E-state index is -0.454. The zero-order chi connectivity index (χ0) is 15.1. The molecule has 116 valence electrons. The van der Waals surface area contributed by atoms with Crippen molar-refractivity contribution >= 4 is 5.91 Å². The normalized spacial score (nSPS) is 18.2. The lowest BCUT2D eigenvalue weighted by atomic mass is 9.94. The quantitative estimate of drug-likeness (QED) is 0.874. The summed E-state index contributed by atoms with van der Waals surface area (Å²) in [4.78, 5) is 14.4. The van der Waals surface area contributed by atoms with Crippen molar-refractivity contribution in [3.05, 3.63) is 30.3 Å². The van der Waals surface area contributed by atoms with E-state index >= 15 is 0 Å². The van der Waals surface area contributed by atoms with Crippen molar-refractivity contribution in [1.82, 2.24) is 10.2 Å². The van der Waals surface area contributed by atoms with Gasteiger partial charge in [0.15, 0.2) is 6.10 Å². The van der Waals surface area contributed by atoms with E-state index in [1.807, 2.05) is 30.3 Å². The van der Waals surface area contributed by atoms with E-state index in [-0.39, 0.29) is 5.91 Å². The molecule has 0 aliphatic carbocycles. The minimum Gasteiger partial charge on any atom is -0.481 e. The van der Waals surface area contributed by atoms with Crippen molar-refractivity contribution in [2.24, 2.45) is 5.92 Å². The maximum atomic E-state index is 12.0. The second-order valence-electron chi connectivity index (χ2n) is 5.90. The molecule has 0 spiro atoms. The number of para-hydroxylation sites is 1. The molecular weight excluding hydrogens is 264 g/mol. The summed E-state index contributed by atoms with van der Waals surface area (Å²) in [5.74, 6) is 1.44. The van der Waals surface area contributed by atoms with E-state index in [0.717, 1.165) is 24.6 Å². The predicted molar refractivity (Wildman–Crippen MR) is 84.4 cm³/mol. The number of benzene rings is 1. The lowest BCUT2D eigenvalue weighted by Crippen LogP contribution is -2.38. The summed E-state index contributed by atoms with van der Waals surface area (Å²) in [7, 11) is 2.17. The monoisotopic (exact) mass is 290 g/mol. The third-order valence-electron chi connectivity index (χ3n) is 4.12. The van der Waals surface area contributed by atoms with Crippen LogP contribution in [0.25, 0.3) is 0 Å². The third kappa shape index (κ3) is 5.38. The highest BCUT2D eigenvalue weighted by molar-refractivity contribution is 5.80. The Bertz CT molecular complexity index is 428. The van der Waals surface area contributed by atoms with Crippen LogP contribution < -0.4 is 10.1 Å². The van der Waals surface area contributed by atoms with E-state index in [1.165, 1.54) is 25.9 Å². The number of ether oxygens (including phenoxy) is 1. The Morgan fingerprint density at radius 2 is 2.00 bits per heavy atom. The number of nitrogens with zero attached hydrogens (tertiary/aromatic N) is 1. The van der Waals surface area contributed by atoms with E-state index in [4.69, 9.17) is 4.74 Å². The number of likely N-dealkylation sites (tertiary alicyclic amines) is 1. The molecule has 1 atom stereocenters. The van der Waals surface area contributed by atoms with Crippen molar-refractivity contribution < 1.29 is 9.53 Å². The molecule has 1 amide bonds. The van der Waals surface area contributed by atoms with Crippen LogP contribution in [0.2, 0.25) is 0 Å². The van der Waals surface area contributed by atoms with Crippen molar-refractivity contribution in [2.45, 2.75) is 32.3 Å². The lowest BCUT2D eigenvalue weighted by molar-refractivity contribution is -0.127. The molecule has 1 aromatic carbocycles. The second kappa shape index (κ2) is 8.03. The molecule has 1 heterocycles. The van der Waals surface area contributed by atoms with Gasteiger partial charge in [0.25, 0.3) is 5.91 Å². The first-order chi connectivity index (χ1) is 10.1. The Balaban J connectivity index is 1.65. The lowest BCUT2D eigenvalue weighted by Gasteiger charge is -2.29. The highest BCUT2D eigenvalue weighted by Gasteiger charge is 2.18. The Morgan fingerprint density at radius 3 is 2.67 bits per heavy atom. The average molecular weight is 290 g/mol. The largest absolute Gasteiger partial charge is 0.481 e. The Morgan fingerprint density at radius 1 is 1.33 bits per heavy atom. The molecule has 1 aromatic rings. The topological polar surface area (TPSA) is 41.6 Å². The molecule has 0 bridgehead atoms. The Hall–Kier alpha value is -1.55. The SMILES string of the molecule is CC(Oc1ccccc1)C(=O)NCCC1CCN(C)CC1. The number of carbonyl (C=O) groups excluding carboxylic acids is 1. The van der Waals surface area contributed by atoms with Crippen LogP contribution in [-0.2, 0) is 4.79 Å². The maximum absolute atomic E-state index is 12.0. The predicted octanol–water partition coefficient (Wildman–Crippen LogP) is 2.30. The molecular formula is C17H26N2O2. The number of hydrogen-bond acceptors (Lipinski definition) is 3. The first kappa shape index (κ1) is 15.8. The van der Waals surface area contributed by atoms with E-state index < -0.39 is 6.10 Å². The van der Waals surface area contributed by atoms with Gasteiger partial charge in [0, 0.05) is 6.54 Å². The number of carbonyl (C=O) groups is 1. The first-order valence-electron chi connectivity index (χ1n) is 7.83. The molecule has 0 radical (unpaired) electrons. The fraction of sp³-hybridized carbons (Fsp3) is 0.588. The van der Waals surface area contributed by atoms with Crippen molar-refractivity contribution in [3.8, 4) is 5.75 Å². The Kier molecular flexibility index (Phi) is 6.05. The number of hydrogen-bond donors (Lipinski definition) is 1. The smallest absolute Gasteiger partial charge is 0.260 e. The minimum absolute atomic E-state index is 0.0354. The zero-order valence-corrected chi connectivity index (χ0v) is 13.0. The van der Waals surface area contributed by atoms with Gasteiger partial charge in [-0.05, 0) is 64.4 Å². The van der Waals surface area contributed by atoms with E-state index in [2.05, 4.69) is 17.3 Å². The van der Waals surface area contributed by atoms with Gasteiger partial charge in [0.05, 0.1) is 0 Å². The van der Waals surface area contributed by atoms with Gasteiger partial charge in [-0.15, -0.1) is 0 Å². The fourth-order valence-electron chi connectivity index (χ4n) is 2.65. The first-order valence-corrected chi connectivity index (χ1v) is 7.83. The van der Waals surface area contributed by atoms with E-state index in [1.54, 1.807) is 6.92 Å². The van der Waals surface area contributed by atoms with Gasteiger partial charge >= 0.3 is 0 Å². The molecule has 1 fully saturated rings. The van der Waals surface area contributed by atoms with Gasteiger partial charge in [0.1, 0.15) is 5.75 Å². The van der Waals surface area contributed by atoms with Crippen molar-refractivity contribution in [1.29, 1.82) is 0 Å². The van der Waals surface area contributed by atoms with Gasteiger partial charge in [-0.25, -0.2) is 0 Å². The molecule has 1 N–H and O–H groups in total. The van der Waals surface area contributed by atoms with Crippen LogP contribution in [0, 0.1) is 5.92 Å². The summed E-state index contributed by atoms with van der Waals surface area (Å²) in [6.45, 7) is 4.88. The third-order valence-corrected chi connectivity index (χ3v) is 4.12. The van der Waals surface area contributed by atoms with Gasteiger partial charge < -0.3 is 15.0 Å². The van der Waals surface area contributed by atoms with Crippen LogP contribution in [0.15, 0.2) is 30.3 Å². The molecule has 0 saturated carbocycles. The average Bonchev–Trinajstić information content (AvgIpc) is 2.50. The molecule has 4 heteroatoms. The molecule has 1 saturated heterocycles. The second-order valence-corrected chi connectivity index (χ2v) is 5.90. The zero-order valence-electron chi connectivity index (χ0n) is 13.0. The van der Waals surface area contributed by atoms with Gasteiger partial charge in [-0.2, -0.15) is 0 Å². The highest BCUT2D eigenvalue weighted by Crippen LogP contribution is 2.18.